The molecule has 6 heteroatoms. The first-order chi connectivity index (χ1) is 12.2. The van der Waals surface area contributed by atoms with Crippen LogP contribution >= 0.6 is 0 Å². The van der Waals surface area contributed by atoms with Gasteiger partial charge in [-0.2, -0.15) is 0 Å². The molecule has 4 rings (SSSR count). The third-order valence-electron chi connectivity index (χ3n) is 4.88. The fraction of sp³-hybridized carbons (Fsp3) is 0.526. The summed E-state index contributed by atoms with van der Waals surface area (Å²) in [5.74, 6) is 3.33. The number of fused-ring (bicyclic) bond motifs is 1. The molecule has 1 unspecified atom stereocenters. The monoisotopic (exact) mass is 343 g/mol. The standard InChI is InChI=1S/C19H25N3O3/c1-14-10-20-19(25-14)13-22(16-5-6-21(2)12-16)11-15-3-4-17-18(9-15)24-8-7-23-17/h3-4,9-10,16H,5-8,11-13H2,1-2H3. The highest BCUT2D eigenvalue weighted by atomic mass is 16.6. The zero-order valence-corrected chi connectivity index (χ0v) is 14.9. The number of aromatic nitrogens is 1. The number of rotatable bonds is 5. The molecular weight excluding hydrogens is 318 g/mol. The van der Waals surface area contributed by atoms with Crippen LogP contribution in [0.25, 0.3) is 0 Å². The molecule has 2 aliphatic heterocycles. The molecule has 0 bridgehead atoms. The molecule has 0 radical (unpaired) electrons. The largest absolute Gasteiger partial charge is 0.486 e. The molecule has 0 aliphatic carbocycles. The van der Waals surface area contributed by atoms with Crippen LogP contribution in [-0.2, 0) is 13.1 Å². The smallest absolute Gasteiger partial charge is 0.208 e. The highest BCUT2D eigenvalue weighted by Crippen LogP contribution is 2.31. The Morgan fingerprint density at radius 2 is 2.04 bits per heavy atom. The van der Waals surface area contributed by atoms with Gasteiger partial charge in [0.25, 0.3) is 0 Å². The number of hydrogen-bond donors (Lipinski definition) is 0. The van der Waals surface area contributed by atoms with Crippen LogP contribution in [0, 0.1) is 6.92 Å². The highest BCUT2D eigenvalue weighted by molar-refractivity contribution is 5.43. The lowest BCUT2D eigenvalue weighted by Crippen LogP contribution is -2.36. The zero-order chi connectivity index (χ0) is 17.2. The Balaban J connectivity index is 1.53. The van der Waals surface area contributed by atoms with E-state index in [4.69, 9.17) is 13.9 Å². The Labute approximate surface area is 148 Å². The lowest BCUT2D eigenvalue weighted by Gasteiger charge is -2.28. The van der Waals surface area contributed by atoms with Crippen molar-refractivity contribution < 1.29 is 13.9 Å². The van der Waals surface area contributed by atoms with Crippen LogP contribution in [0.4, 0.5) is 0 Å². The minimum absolute atomic E-state index is 0.505. The Hall–Kier alpha value is -2.05. The van der Waals surface area contributed by atoms with Gasteiger partial charge < -0.3 is 18.8 Å². The van der Waals surface area contributed by atoms with Gasteiger partial charge in [-0.05, 0) is 44.6 Å². The molecule has 1 fully saturated rings. The fourth-order valence-electron chi connectivity index (χ4n) is 3.59. The summed E-state index contributed by atoms with van der Waals surface area (Å²) in [6, 6.07) is 6.74. The van der Waals surface area contributed by atoms with Gasteiger partial charge in [-0.3, -0.25) is 4.90 Å². The molecular formula is C19H25N3O3. The van der Waals surface area contributed by atoms with Crippen molar-refractivity contribution in [3.05, 3.63) is 41.6 Å². The lowest BCUT2D eigenvalue weighted by molar-refractivity contribution is 0.160. The van der Waals surface area contributed by atoms with E-state index in [1.54, 1.807) is 6.20 Å². The number of hydrogen-bond acceptors (Lipinski definition) is 6. The maximum Gasteiger partial charge on any atom is 0.208 e. The summed E-state index contributed by atoms with van der Waals surface area (Å²) in [6.45, 7) is 6.94. The van der Waals surface area contributed by atoms with E-state index in [9.17, 15) is 0 Å². The van der Waals surface area contributed by atoms with Crippen LogP contribution in [0.15, 0.2) is 28.8 Å². The molecule has 2 aliphatic rings. The molecule has 3 heterocycles. The number of ether oxygens (including phenoxy) is 2. The SMILES string of the molecule is Cc1cnc(CN(Cc2ccc3c(c2)OCCO3)C2CCN(C)C2)o1. The van der Waals surface area contributed by atoms with Crippen LogP contribution in [0.1, 0.15) is 23.6 Å². The van der Waals surface area contributed by atoms with Gasteiger partial charge in [0.05, 0.1) is 12.7 Å². The summed E-state index contributed by atoms with van der Waals surface area (Å²) >= 11 is 0. The summed E-state index contributed by atoms with van der Waals surface area (Å²) in [7, 11) is 2.18. The maximum atomic E-state index is 5.73. The minimum Gasteiger partial charge on any atom is -0.486 e. The second kappa shape index (κ2) is 7.06. The summed E-state index contributed by atoms with van der Waals surface area (Å²) < 4.78 is 17.1. The van der Waals surface area contributed by atoms with Gasteiger partial charge in [-0.1, -0.05) is 6.07 Å². The number of likely N-dealkylation sites (N-methyl/N-ethyl adjacent to an activating group) is 1. The lowest BCUT2D eigenvalue weighted by atomic mass is 10.1. The van der Waals surface area contributed by atoms with E-state index in [1.165, 1.54) is 12.0 Å². The van der Waals surface area contributed by atoms with Crippen LogP contribution < -0.4 is 9.47 Å². The average molecular weight is 343 g/mol. The molecule has 1 atom stereocenters. The van der Waals surface area contributed by atoms with Gasteiger partial charge in [0.15, 0.2) is 11.5 Å². The summed E-state index contributed by atoms with van der Waals surface area (Å²) in [6.07, 6.45) is 2.96. The minimum atomic E-state index is 0.505. The number of likely N-dealkylation sites (tertiary alicyclic amines) is 1. The van der Waals surface area contributed by atoms with E-state index >= 15 is 0 Å². The molecule has 1 aromatic heterocycles. The van der Waals surface area contributed by atoms with Crippen molar-refractivity contribution in [1.82, 2.24) is 14.8 Å². The van der Waals surface area contributed by atoms with Gasteiger partial charge in [-0.15, -0.1) is 0 Å². The summed E-state index contributed by atoms with van der Waals surface area (Å²) in [5.41, 5.74) is 1.22. The molecule has 1 saturated heterocycles. The van der Waals surface area contributed by atoms with Crippen molar-refractivity contribution in [3.8, 4) is 11.5 Å². The van der Waals surface area contributed by atoms with E-state index in [0.717, 1.165) is 49.3 Å². The van der Waals surface area contributed by atoms with Gasteiger partial charge in [0.2, 0.25) is 5.89 Å². The second-order valence-electron chi connectivity index (χ2n) is 6.95. The molecule has 134 valence electrons. The Bertz CT molecular complexity index is 730. The predicted molar refractivity (Wildman–Crippen MR) is 93.8 cm³/mol. The third-order valence-corrected chi connectivity index (χ3v) is 4.88. The Kier molecular flexibility index (Phi) is 4.63. The number of nitrogens with zero attached hydrogens (tertiary/aromatic N) is 3. The zero-order valence-electron chi connectivity index (χ0n) is 14.9. The second-order valence-corrected chi connectivity index (χ2v) is 6.95. The third kappa shape index (κ3) is 3.80. The molecule has 0 N–H and O–H groups in total. The van der Waals surface area contributed by atoms with Crippen molar-refractivity contribution in [3.63, 3.8) is 0 Å². The van der Waals surface area contributed by atoms with E-state index in [2.05, 4.69) is 34.0 Å². The van der Waals surface area contributed by atoms with Crippen molar-refractivity contribution in [1.29, 1.82) is 0 Å². The number of benzene rings is 1. The summed E-state index contributed by atoms with van der Waals surface area (Å²) in [4.78, 5) is 9.23. The van der Waals surface area contributed by atoms with Crippen molar-refractivity contribution in [2.45, 2.75) is 32.5 Å². The van der Waals surface area contributed by atoms with E-state index in [-0.39, 0.29) is 0 Å². The van der Waals surface area contributed by atoms with E-state index < -0.39 is 0 Å². The topological polar surface area (TPSA) is 51.0 Å². The molecule has 6 nitrogen and oxygen atoms in total. The first kappa shape index (κ1) is 16.4. The van der Waals surface area contributed by atoms with Crippen LogP contribution in [0.3, 0.4) is 0 Å². The van der Waals surface area contributed by atoms with Gasteiger partial charge in [0.1, 0.15) is 19.0 Å². The van der Waals surface area contributed by atoms with Gasteiger partial charge >= 0.3 is 0 Å². The number of aryl methyl sites for hydroxylation is 1. The predicted octanol–water partition coefficient (Wildman–Crippen LogP) is 2.46. The quantitative estimate of drug-likeness (QED) is 0.831. The van der Waals surface area contributed by atoms with Crippen LogP contribution in [0.5, 0.6) is 11.5 Å². The molecule has 1 aromatic carbocycles. The Morgan fingerprint density at radius 3 is 2.76 bits per heavy atom. The van der Waals surface area contributed by atoms with Gasteiger partial charge in [-0.25, -0.2) is 4.98 Å². The first-order valence-corrected chi connectivity index (χ1v) is 8.90. The number of oxazole rings is 1. The van der Waals surface area contributed by atoms with Crippen molar-refractivity contribution in [2.24, 2.45) is 0 Å². The Morgan fingerprint density at radius 1 is 1.20 bits per heavy atom. The van der Waals surface area contributed by atoms with Crippen molar-refractivity contribution in [2.75, 3.05) is 33.4 Å². The molecule has 0 amide bonds. The maximum absolute atomic E-state index is 5.73. The highest BCUT2D eigenvalue weighted by Gasteiger charge is 2.27. The van der Waals surface area contributed by atoms with Gasteiger partial charge in [0, 0.05) is 19.1 Å². The molecule has 0 spiro atoms. The van der Waals surface area contributed by atoms with Crippen LogP contribution in [0.2, 0.25) is 0 Å². The molecule has 2 aromatic rings. The van der Waals surface area contributed by atoms with Crippen LogP contribution in [-0.4, -0.2) is 54.2 Å². The summed E-state index contributed by atoms with van der Waals surface area (Å²) in [5, 5.41) is 0. The normalized spacial score (nSPS) is 20.4. The first-order valence-electron chi connectivity index (χ1n) is 8.90. The van der Waals surface area contributed by atoms with E-state index in [0.29, 0.717) is 19.3 Å². The van der Waals surface area contributed by atoms with Crippen molar-refractivity contribution >= 4 is 0 Å². The molecule has 25 heavy (non-hydrogen) atoms. The fourth-order valence-corrected chi connectivity index (χ4v) is 3.59. The molecule has 0 saturated carbocycles. The van der Waals surface area contributed by atoms with E-state index in [1.807, 2.05) is 13.0 Å². The average Bonchev–Trinajstić information content (AvgIpc) is 3.22.